The molecule has 3 heteroatoms. The van der Waals surface area contributed by atoms with Crippen molar-refractivity contribution in [3.05, 3.63) is 16.6 Å². The van der Waals surface area contributed by atoms with E-state index in [1.165, 1.54) is 0 Å². The lowest BCUT2D eigenvalue weighted by atomic mass is 10.6. The quantitative estimate of drug-likeness (QED) is 0.621. The van der Waals surface area contributed by atoms with E-state index in [0.29, 0.717) is 6.54 Å². The molecule has 0 aliphatic carbocycles. The summed E-state index contributed by atoms with van der Waals surface area (Å²) in [5, 5.41) is 0. The Kier molecular flexibility index (Phi) is 3.39. The Morgan fingerprint density at radius 2 is 2.50 bits per heavy atom. The van der Waals surface area contributed by atoms with Gasteiger partial charge >= 0.3 is 0 Å². The van der Waals surface area contributed by atoms with Gasteiger partial charge in [0.1, 0.15) is 0 Å². The molecule has 1 aromatic rings. The van der Waals surface area contributed by atoms with Crippen LogP contribution in [-0.4, -0.2) is 4.98 Å². The maximum atomic E-state index is 5.26. The van der Waals surface area contributed by atoms with Gasteiger partial charge < -0.3 is 5.73 Å². The molecule has 0 spiro atoms. The van der Waals surface area contributed by atoms with E-state index in [1.807, 2.05) is 0 Å². The number of nitrogens with zero attached hydrogens (tertiary/aromatic N) is 1. The minimum absolute atomic E-state index is 0. The van der Waals surface area contributed by atoms with Crippen LogP contribution in [-0.2, 0) is 6.54 Å². The average Bonchev–Trinajstić information content (AvgIpc) is 2.14. The topological polar surface area (TPSA) is 38.9 Å². The number of hydrogen-bond donors (Lipinski definition) is 1. The fraction of sp³-hybridized carbons (Fsp3) is 0.400. The van der Waals surface area contributed by atoms with Crippen molar-refractivity contribution in [3.8, 4) is 0 Å². The fourth-order valence-electron chi connectivity index (χ4n) is 0.343. The molecule has 0 saturated heterocycles. The van der Waals surface area contributed by atoms with Crippen LogP contribution < -0.4 is 5.73 Å². The third-order valence-electron chi connectivity index (χ3n) is 0.685. The van der Waals surface area contributed by atoms with Crippen molar-refractivity contribution in [3.63, 3.8) is 0 Å². The van der Waals surface area contributed by atoms with Gasteiger partial charge in [0, 0.05) is 17.6 Å². The summed E-state index contributed by atoms with van der Waals surface area (Å²) in [7, 11) is 0. The molecule has 1 rings (SSSR count). The van der Waals surface area contributed by atoms with E-state index < -0.39 is 0 Å². The Bertz CT molecular complexity index is 125. The molecule has 0 amide bonds. The second-order valence-corrected chi connectivity index (χ2v) is 2.14. The lowest BCUT2D eigenvalue weighted by Crippen LogP contribution is -1.91. The van der Waals surface area contributed by atoms with Crippen molar-refractivity contribution in [2.24, 2.45) is 5.73 Å². The third-order valence-corrected chi connectivity index (χ3v) is 1.49. The first-order valence-electron chi connectivity index (χ1n) is 2.01. The van der Waals surface area contributed by atoms with Gasteiger partial charge in [-0.25, -0.2) is 0 Å². The molecule has 0 aliphatic rings. The molecular formula is C5H10N2S. The maximum absolute atomic E-state index is 5.26. The van der Waals surface area contributed by atoms with Crippen molar-refractivity contribution < 1.29 is 0 Å². The van der Waals surface area contributed by atoms with Crippen LogP contribution >= 0.6 is 11.3 Å². The predicted molar refractivity (Wildman–Crippen MR) is 36.7 cm³/mol. The zero-order valence-corrected chi connectivity index (χ0v) is 4.61. The molecule has 0 radical (unpaired) electrons. The minimum atomic E-state index is 0. The molecule has 0 atom stereocenters. The van der Waals surface area contributed by atoms with Crippen LogP contribution in [0.25, 0.3) is 0 Å². The first-order chi connectivity index (χ1) is 3.43. The lowest BCUT2D eigenvalue weighted by Gasteiger charge is -1.77. The molecule has 1 aromatic heterocycles. The highest BCUT2D eigenvalue weighted by atomic mass is 32.1. The second kappa shape index (κ2) is 3.57. The zero-order valence-electron chi connectivity index (χ0n) is 3.79. The molecule has 46 valence electrons. The Morgan fingerprint density at radius 1 is 1.75 bits per heavy atom. The van der Waals surface area contributed by atoms with Crippen LogP contribution in [0.4, 0.5) is 0 Å². The van der Waals surface area contributed by atoms with E-state index in [2.05, 4.69) is 4.98 Å². The fourth-order valence-corrected chi connectivity index (χ4v) is 0.818. The van der Waals surface area contributed by atoms with Gasteiger partial charge in [-0.1, -0.05) is 7.43 Å². The Balaban J connectivity index is 0.000000490. The number of nitrogens with two attached hydrogens (primary N) is 1. The molecule has 2 nitrogen and oxygen atoms in total. The summed E-state index contributed by atoms with van der Waals surface area (Å²) < 4.78 is 0. The molecule has 0 unspecified atom stereocenters. The largest absolute Gasteiger partial charge is 0.326 e. The highest BCUT2D eigenvalue weighted by Gasteiger charge is 1.84. The molecular weight excluding hydrogens is 120 g/mol. The van der Waals surface area contributed by atoms with Gasteiger partial charge in [-0.15, -0.1) is 11.3 Å². The summed E-state index contributed by atoms with van der Waals surface area (Å²) in [6.45, 7) is 0.616. The summed E-state index contributed by atoms with van der Waals surface area (Å²) >= 11 is 1.59. The molecule has 0 aromatic carbocycles. The number of aromatic nitrogens is 1. The molecule has 8 heavy (non-hydrogen) atoms. The van der Waals surface area contributed by atoms with E-state index in [1.54, 1.807) is 23.0 Å². The molecule has 0 fully saturated rings. The molecule has 0 saturated carbocycles. The summed E-state index contributed by atoms with van der Waals surface area (Å²) in [5.74, 6) is 0. The second-order valence-electron chi connectivity index (χ2n) is 1.17. The van der Waals surface area contributed by atoms with Crippen LogP contribution in [0.15, 0.2) is 11.7 Å². The Labute approximate surface area is 53.4 Å². The predicted octanol–water partition coefficient (Wildman–Crippen LogP) is 1.24. The SMILES string of the molecule is C.NCc1cncs1. The third kappa shape index (κ3) is 1.60. The summed E-state index contributed by atoms with van der Waals surface area (Å²) in [6.07, 6.45) is 1.78. The van der Waals surface area contributed by atoms with Crippen molar-refractivity contribution in [1.82, 2.24) is 4.98 Å². The molecule has 0 bridgehead atoms. The van der Waals surface area contributed by atoms with Crippen molar-refractivity contribution >= 4 is 11.3 Å². The zero-order chi connectivity index (χ0) is 5.11. The van der Waals surface area contributed by atoms with Crippen LogP contribution in [0.2, 0.25) is 0 Å². The number of thiazole rings is 1. The minimum Gasteiger partial charge on any atom is -0.326 e. The van der Waals surface area contributed by atoms with Crippen LogP contribution in [0.3, 0.4) is 0 Å². The molecule has 2 N–H and O–H groups in total. The van der Waals surface area contributed by atoms with Crippen LogP contribution in [0.1, 0.15) is 12.3 Å². The number of hydrogen-bond acceptors (Lipinski definition) is 3. The van der Waals surface area contributed by atoms with Gasteiger partial charge in [0.2, 0.25) is 0 Å². The van der Waals surface area contributed by atoms with Gasteiger partial charge in [0.05, 0.1) is 5.51 Å². The lowest BCUT2D eigenvalue weighted by molar-refractivity contribution is 1.10. The van der Waals surface area contributed by atoms with Crippen LogP contribution in [0.5, 0.6) is 0 Å². The normalized spacial score (nSPS) is 8.12. The first kappa shape index (κ1) is 7.59. The van der Waals surface area contributed by atoms with Gasteiger partial charge in [-0.3, -0.25) is 4.98 Å². The summed E-state index contributed by atoms with van der Waals surface area (Å²) in [5.41, 5.74) is 7.04. The van der Waals surface area contributed by atoms with E-state index in [9.17, 15) is 0 Å². The van der Waals surface area contributed by atoms with Gasteiger partial charge in [0.25, 0.3) is 0 Å². The van der Waals surface area contributed by atoms with E-state index in [0.717, 1.165) is 4.88 Å². The Morgan fingerprint density at radius 3 is 2.75 bits per heavy atom. The summed E-state index contributed by atoms with van der Waals surface area (Å²) in [6, 6.07) is 0. The Hall–Kier alpha value is -0.410. The highest BCUT2D eigenvalue weighted by Crippen LogP contribution is 2.01. The van der Waals surface area contributed by atoms with E-state index >= 15 is 0 Å². The standard InChI is InChI=1S/C4H6N2S.CH4/c5-1-4-2-6-3-7-4;/h2-3H,1,5H2;1H4. The highest BCUT2D eigenvalue weighted by molar-refractivity contribution is 7.09. The van der Waals surface area contributed by atoms with Crippen molar-refractivity contribution in [2.75, 3.05) is 0 Å². The number of rotatable bonds is 1. The van der Waals surface area contributed by atoms with Gasteiger partial charge in [0.15, 0.2) is 0 Å². The van der Waals surface area contributed by atoms with Crippen LogP contribution in [0, 0.1) is 0 Å². The average molecular weight is 130 g/mol. The monoisotopic (exact) mass is 130 g/mol. The van der Waals surface area contributed by atoms with E-state index in [-0.39, 0.29) is 7.43 Å². The summed E-state index contributed by atoms with van der Waals surface area (Å²) in [4.78, 5) is 4.97. The molecule has 1 heterocycles. The maximum Gasteiger partial charge on any atom is 0.0794 e. The van der Waals surface area contributed by atoms with Crippen molar-refractivity contribution in [1.29, 1.82) is 0 Å². The first-order valence-corrected chi connectivity index (χ1v) is 2.89. The van der Waals surface area contributed by atoms with Crippen molar-refractivity contribution in [2.45, 2.75) is 14.0 Å². The smallest absolute Gasteiger partial charge is 0.0794 e. The van der Waals surface area contributed by atoms with Gasteiger partial charge in [-0.2, -0.15) is 0 Å². The van der Waals surface area contributed by atoms with E-state index in [4.69, 9.17) is 5.73 Å². The molecule has 0 aliphatic heterocycles. The van der Waals surface area contributed by atoms with Gasteiger partial charge in [-0.05, 0) is 0 Å².